The molecule has 1 aromatic heterocycles. The molecule has 1 aliphatic heterocycles. The lowest BCUT2D eigenvalue weighted by atomic mass is 10.1. The third-order valence-corrected chi connectivity index (χ3v) is 4.00. The average Bonchev–Trinajstić information content (AvgIpc) is 3.15. The van der Waals surface area contributed by atoms with Crippen molar-refractivity contribution in [1.82, 2.24) is 15.3 Å². The van der Waals surface area contributed by atoms with Crippen LogP contribution in [0.5, 0.6) is 0 Å². The van der Waals surface area contributed by atoms with Gasteiger partial charge >= 0.3 is 0 Å². The van der Waals surface area contributed by atoms with E-state index in [1.54, 1.807) is 13.4 Å². The number of carbonyl (C=O) groups excluding carboxylic acids is 1. The van der Waals surface area contributed by atoms with Crippen molar-refractivity contribution >= 4 is 17.5 Å². The van der Waals surface area contributed by atoms with E-state index in [9.17, 15) is 4.79 Å². The molecule has 2 heterocycles. The van der Waals surface area contributed by atoms with Crippen LogP contribution < -0.4 is 15.5 Å². The Hall–Kier alpha value is -2.63. The predicted molar refractivity (Wildman–Crippen MR) is 90.6 cm³/mol. The van der Waals surface area contributed by atoms with E-state index in [-0.39, 0.29) is 5.91 Å². The van der Waals surface area contributed by atoms with Gasteiger partial charge in [0.2, 0.25) is 0 Å². The number of nitrogens with zero attached hydrogens (tertiary/aromatic N) is 3. The van der Waals surface area contributed by atoms with Gasteiger partial charge in [-0.1, -0.05) is 12.1 Å². The Bertz CT molecular complexity index is 665. The molecule has 0 atom stereocenters. The molecule has 0 spiro atoms. The van der Waals surface area contributed by atoms with Crippen LogP contribution in [0.1, 0.15) is 28.8 Å². The molecule has 0 aliphatic carbocycles. The van der Waals surface area contributed by atoms with Gasteiger partial charge in [-0.2, -0.15) is 0 Å². The molecule has 6 heteroatoms. The van der Waals surface area contributed by atoms with Crippen molar-refractivity contribution in [2.45, 2.75) is 19.4 Å². The number of hydrogen-bond acceptors (Lipinski definition) is 5. The van der Waals surface area contributed by atoms with Crippen molar-refractivity contribution in [3.05, 3.63) is 47.8 Å². The Kier molecular flexibility index (Phi) is 4.71. The van der Waals surface area contributed by atoms with Gasteiger partial charge in [0.1, 0.15) is 18.0 Å². The van der Waals surface area contributed by atoms with Crippen LogP contribution in [-0.2, 0) is 6.54 Å². The third-order valence-electron chi connectivity index (χ3n) is 4.00. The molecule has 1 saturated heterocycles. The van der Waals surface area contributed by atoms with Crippen molar-refractivity contribution in [3.8, 4) is 0 Å². The van der Waals surface area contributed by atoms with E-state index in [0.29, 0.717) is 12.1 Å². The summed E-state index contributed by atoms with van der Waals surface area (Å²) in [6.07, 6.45) is 4.06. The zero-order chi connectivity index (χ0) is 16.1. The summed E-state index contributed by atoms with van der Waals surface area (Å²) in [4.78, 5) is 22.4. The van der Waals surface area contributed by atoms with Gasteiger partial charge in [-0.25, -0.2) is 9.97 Å². The Morgan fingerprint density at radius 3 is 2.61 bits per heavy atom. The van der Waals surface area contributed by atoms with Crippen LogP contribution in [0, 0.1) is 0 Å². The maximum Gasteiger partial charge on any atom is 0.251 e. The summed E-state index contributed by atoms with van der Waals surface area (Å²) in [5, 5.41) is 5.92. The molecular formula is C17H21N5O. The molecule has 6 nitrogen and oxygen atoms in total. The third kappa shape index (κ3) is 3.77. The van der Waals surface area contributed by atoms with Gasteiger partial charge < -0.3 is 15.5 Å². The van der Waals surface area contributed by atoms with Gasteiger partial charge in [-0.3, -0.25) is 4.79 Å². The normalized spacial score (nSPS) is 13.9. The van der Waals surface area contributed by atoms with Crippen LogP contribution in [0.3, 0.4) is 0 Å². The summed E-state index contributed by atoms with van der Waals surface area (Å²) in [5.41, 5.74) is 1.76. The van der Waals surface area contributed by atoms with E-state index in [1.165, 1.54) is 12.8 Å². The van der Waals surface area contributed by atoms with Gasteiger partial charge in [0.15, 0.2) is 0 Å². The van der Waals surface area contributed by atoms with E-state index in [2.05, 4.69) is 25.5 Å². The Balaban J connectivity index is 1.61. The minimum Gasteiger partial charge on any atom is -0.366 e. The molecule has 1 aromatic carbocycles. The highest BCUT2D eigenvalue weighted by molar-refractivity contribution is 5.93. The zero-order valence-electron chi connectivity index (χ0n) is 13.2. The van der Waals surface area contributed by atoms with Crippen molar-refractivity contribution in [2.75, 3.05) is 30.4 Å². The second-order valence-corrected chi connectivity index (χ2v) is 5.59. The number of hydrogen-bond donors (Lipinski definition) is 2. The molecule has 0 radical (unpaired) electrons. The summed E-state index contributed by atoms with van der Waals surface area (Å²) in [5.74, 6) is 1.72. The van der Waals surface area contributed by atoms with Gasteiger partial charge in [-0.05, 0) is 30.5 Å². The maximum atomic E-state index is 11.5. The van der Waals surface area contributed by atoms with Crippen molar-refractivity contribution in [1.29, 1.82) is 0 Å². The molecule has 120 valence electrons. The quantitative estimate of drug-likeness (QED) is 0.884. The number of aromatic nitrogens is 2. The van der Waals surface area contributed by atoms with Crippen LogP contribution >= 0.6 is 0 Å². The van der Waals surface area contributed by atoms with E-state index >= 15 is 0 Å². The first kappa shape index (κ1) is 15.3. The fourth-order valence-corrected chi connectivity index (χ4v) is 2.67. The SMILES string of the molecule is CNC(=O)c1ccc(CNc2cc(N3CCCC3)ncn2)cc1. The summed E-state index contributed by atoms with van der Waals surface area (Å²) in [6, 6.07) is 9.53. The summed E-state index contributed by atoms with van der Waals surface area (Å²) < 4.78 is 0. The first-order valence-corrected chi connectivity index (χ1v) is 7.88. The number of anilines is 2. The zero-order valence-corrected chi connectivity index (χ0v) is 13.2. The molecule has 2 aromatic rings. The van der Waals surface area contributed by atoms with Crippen LogP contribution in [0.2, 0.25) is 0 Å². The smallest absolute Gasteiger partial charge is 0.251 e. The molecule has 3 rings (SSSR count). The molecule has 0 unspecified atom stereocenters. The molecule has 1 aliphatic rings. The number of nitrogens with one attached hydrogen (secondary N) is 2. The molecule has 2 N–H and O–H groups in total. The largest absolute Gasteiger partial charge is 0.366 e. The number of rotatable bonds is 5. The highest BCUT2D eigenvalue weighted by atomic mass is 16.1. The van der Waals surface area contributed by atoms with Crippen LogP contribution in [0.15, 0.2) is 36.7 Å². The van der Waals surface area contributed by atoms with E-state index in [1.807, 2.05) is 30.3 Å². The van der Waals surface area contributed by atoms with Crippen molar-refractivity contribution < 1.29 is 4.79 Å². The van der Waals surface area contributed by atoms with Gasteiger partial charge in [-0.15, -0.1) is 0 Å². The fraction of sp³-hybridized carbons (Fsp3) is 0.353. The van der Waals surface area contributed by atoms with Crippen molar-refractivity contribution in [3.63, 3.8) is 0 Å². The molecule has 1 amide bonds. The van der Waals surface area contributed by atoms with Crippen molar-refractivity contribution in [2.24, 2.45) is 0 Å². The van der Waals surface area contributed by atoms with Crippen LogP contribution in [0.4, 0.5) is 11.6 Å². The van der Waals surface area contributed by atoms with Gasteiger partial charge in [0.05, 0.1) is 0 Å². The minimum atomic E-state index is -0.0736. The summed E-state index contributed by atoms with van der Waals surface area (Å²) in [7, 11) is 1.63. The lowest BCUT2D eigenvalue weighted by molar-refractivity contribution is 0.0963. The van der Waals surface area contributed by atoms with Gasteiger partial charge in [0.25, 0.3) is 5.91 Å². The highest BCUT2D eigenvalue weighted by Crippen LogP contribution is 2.19. The fourth-order valence-electron chi connectivity index (χ4n) is 2.67. The van der Waals surface area contributed by atoms with Crippen LogP contribution in [-0.4, -0.2) is 36.0 Å². The molecule has 23 heavy (non-hydrogen) atoms. The number of carbonyl (C=O) groups is 1. The standard InChI is InChI=1S/C17H21N5O/c1-18-17(23)14-6-4-13(5-7-14)11-19-15-10-16(21-12-20-15)22-8-2-3-9-22/h4-7,10,12H,2-3,8-9,11H2,1H3,(H,18,23)(H,19,20,21). The summed E-state index contributed by atoms with van der Waals surface area (Å²) >= 11 is 0. The first-order chi connectivity index (χ1) is 11.3. The van der Waals surface area contributed by atoms with Crippen LogP contribution in [0.25, 0.3) is 0 Å². The molecule has 1 fully saturated rings. The van der Waals surface area contributed by atoms with E-state index in [4.69, 9.17) is 0 Å². The molecular weight excluding hydrogens is 290 g/mol. The number of benzene rings is 1. The highest BCUT2D eigenvalue weighted by Gasteiger charge is 2.13. The predicted octanol–water partition coefficient (Wildman–Crippen LogP) is 2.05. The lowest BCUT2D eigenvalue weighted by Crippen LogP contribution is -2.19. The summed E-state index contributed by atoms with van der Waals surface area (Å²) in [6.45, 7) is 2.79. The second kappa shape index (κ2) is 7.09. The minimum absolute atomic E-state index is 0.0736. The number of amides is 1. The van der Waals surface area contributed by atoms with E-state index < -0.39 is 0 Å². The van der Waals surface area contributed by atoms with Gasteiger partial charge in [0, 0.05) is 38.3 Å². The lowest BCUT2D eigenvalue weighted by Gasteiger charge is -2.16. The molecule has 0 saturated carbocycles. The molecule has 0 bridgehead atoms. The average molecular weight is 311 g/mol. The second-order valence-electron chi connectivity index (χ2n) is 5.59. The first-order valence-electron chi connectivity index (χ1n) is 7.88. The monoisotopic (exact) mass is 311 g/mol. The Labute approximate surface area is 135 Å². The Morgan fingerprint density at radius 2 is 1.91 bits per heavy atom. The van der Waals surface area contributed by atoms with E-state index in [0.717, 1.165) is 30.3 Å². The Morgan fingerprint density at radius 1 is 1.17 bits per heavy atom. The maximum absolute atomic E-state index is 11.5. The topological polar surface area (TPSA) is 70.2 Å².